The number of hydrogen-bond acceptors (Lipinski definition) is 0. The monoisotopic (exact) mass is 196 g/mol. The van der Waals surface area contributed by atoms with Crippen molar-refractivity contribution in [3.63, 3.8) is 0 Å². The van der Waals surface area contributed by atoms with Gasteiger partial charge >= 0.3 is 0 Å². The second-order valence-corrected chi connectivity index (χ2v) is 5.58. The maximum absolute atomic E-state index is 3.80. The lowest BCUT2D eigenvalue weighted by atomic mass is 10.1. The highest BCUT2D eigenvalue weighted by molar-refractivity contribution is 4.88. The zero-order valence-corrected chi connectivity index (χ0v) is 10.8. The summed E-state index contributed by atoms with van der Waals surface area (Å²) in [6.45, 7) is 15.0. The van der Waals surface area contributed by atoms with Crippen molar-refractivity contribution in [2.45, 2.75) is 60.3 Å². The molecule has 0 N–H and O–H groups in total. The largest absolute Gasteiger partial charge is 0.100 e. The van der Waals surface area contributed by atoms with Crippen LogP contribution in [0.3, 0.4) is 0 Å². The first kappa shape index (κ1) is 13.7. The van der Waals surface area contributed by atoms with Crippen molar-refractivity contribution in [2.24, 2.45) is 17.8 Å². The fraction of sp³-hybridized carbons (Fsp3) is 0.857. The van der Waals surface area contributed by atoms with Crippen LogP contribution in [0, 0.1) is 17.8 Å². The molecule has 0 heterocycles. The first-order valence-corrected chi connectivity index (χ1v) is 6.06. The van der Waals surface area contributed by atoms with Crippen molar-refractivity contribution in [3.8, 4) is 0 Å². The fourth-order valence-corrected chi connectivity index (χ4v) is 2.19. The third-order valence-corrected chi connectivity index (χ3v) is 2.71. The molecule has 14 heavy (non-hydrogen) atoms. The SMILES string of the molecule is C=C(C)CC(C)C.CC1CCC(C)C1. The smallest absolute Gasteiger partial charge is 0.0303 e. The molecule has 0 spiro atoms. The zero-order valence-electron chi connectivity index (χ0n) is 10.8. The molecule has 0 saturated heterocycles. The summed E-state index contributed by atoms with van der Waals surface area (Å²) in [5.41, 5.74) is 1.29. The molecule has 0 bridgehead atoms. The molecule has 0 aromatic carbocycles. The second-order valence-electron chi connectivity index (χ2n) is 5.58. The lowest BCUT2D eigenvalue weighted by Crippen LogP contribution is -1.84. The second kappa shape index (κ2) is 7.09. The quantitative estimate of drug-likeness (QED) is 0.542. The lowest BCUT2D eigenvalue weighted by molar-refractivity contribution is 0.555. The molecule has 2 unspecified atom stereocenters. The van der Waals surface area contributed by atoms with Gasteiger partial charge in [-0.2, -0.15) is 0 Å². The first-order valence-electron chi connectivity index (χ1n) is 6.06. The van der Waals surface area contributed by atoms with Crippen LogP contribution in [0.15, 0.2) is 12.2 Å². The summed E-state index contributed by atoms with van der Waals surface area (Å²) in [6.07, 6.45) is 5.59. The van der Waals surface area contributed by atoms with Gasteiger partial charge in [-0.1, -0.05) is 46.1 Å². The Morgan fingerprint density at radius 3 is 1.71 bits per heavy atom. The molecule has 84 valence electrons. The van der Waals surface area contributed by atoms with E-state index in [0.717, 1.165) is 17.8 Å². The van der Waals surface area contributed by atoms with Gasteiger partial charge in [-0.25, -0.2) is 0 Å². The van der Waals surface area contributed by atoms with E-state index in [1.54, 1.807) is 0 Å². The Morgan fingerprint density at radius 2 is 1.64 bits per heavy atom. The minimum absolute atomic E-state index is 0.775. The predicted molar refractivity (Wildman–Crippen MR) is 66.4 cm³/mol. The Balaban J connectivity index is 0.000000241. The Kier molecular flexibility index (Phi) is 6.96. The molecule has 0 amide bonds. The first-order chi connectivity index (χ1) is 6.41. The van der Waals surface area contributed by atoms with E-state index in [-0.39, 0.29) is 0 Å². The molecule has 1 fully saturated rings. The Bertz CT molecular complexity index is 147. The molecule has 0 aliphatic heterocycles. The maximum atomic E-state index is 3.80. The van der Waals surface area contributed by atoms with Gasteiger partial charge in [0.15, 0.2) is 0 Å². The topological polar surface area (TPSA) is 0 Å². The van der Waals surface area contributed by atoms with Crippen LogP contribution >= 0.6 is 0 Å². The molecule has 2 atom stereocenters. The molecule has 1 rings (SSSR count). The molecular weight excluding hydrogens is 168 g/mol. The third kappa shape index (κ3) is 8.34. The van der Waals surface area contributed by atoms with Gasteiger partial charge < -0.3 is 0 Å². The van der Waals surface area contributed by atoms with Gasteiger partial charge in [0.2, 0.25) is 0 Å². The Hall–Kier alpha value is -0.260. The van der Waals surface area contributed by atoms with Gasteiger partial charge in [-0.05, 0) is 37.5 Å². The van der Waals surface area contributed by atoms with E-state index in [1.807, 2.05) is 0 Å². The van der Waals surface area contributed by atoms with Crippen LogP contribution in [-0.2, 0) is 0 Å². The number of allylic oxidation sites excluding steroid dienone is 1. The van der Waals surface area contributed by atoms with Gasteiger partial charge in [0.1, 0.15) is 0 Å². The van der Waals surface area contributed by atoms with Crippen molar-refractivity contribution in [1.29, 1.82) is 0 Å². The number of rotatable bonds is 2. The molecule has 0 nitrogen and oxygen atoms in total. The van der Waals surface area contributed by atoms with Crippen LogP contribution in [0.1, 0.15) is 60.3 Å². The van der Waals surface area contributed by atoms with E-state index in [4.69, 9.17) is 0 Å². The van der Waals surface area contributed by atoms with Crippen LogP contribution in [-0.4, -0.2) is 0 Å². The van der Waals surface area contributed by atoms with Crippen molar-refractivity contribution in [2.75, 3.05) is 0 Å². The van der Waals surface area contributed by atoms with Crippen molar-refractivity contribution in [3.05, 3.63) is 12.2 Å². The van der Waals surface area contributed by atoms with Crippen LogP contribution < -0.4 is 0 Å². The molecular formula is C14H28. The lowest BCUT2D eigenvalue weighted by Gasteiger charge is -1.99. The van der Waals surface area contributed by atoms with Crippen molar-refractivity contribution >= 4 is 0 Å². The van der Waals surface area contributed by atoms with E-state index in [2.05, 4.69) is 41.2 Å². The highest BCUT2D eigenvalue weighted by Crippen LogP contribution is 2.29. The molecule has 0 aromatic heterocycles. The molecule has 1 saturated carbocycles. The van der Waals surface area contributed by atoms with Crippen LogP contribution in [0.25, 0.3) is 0 Å². The van der Waals surface area contributed by atoms with E-state index >= 15 is 0 Å². The Labute approximate surface area is 90.8 Å². The van der Waals surface area contributed by atoms with E-state index < -0.39 is 0 Å². The third-order valence-electron chi connectivity index (χ3n) is 2.71. The zero-order chi connectivity index (χ0) is 11.1. The molecule has 0 aromatic rings. The average molecular weight is 196 g/mol. The summed E-state index contributed by atoms with van der Waals surface area (Å²) in [4.78, 5) is 0. The minimum atomic E-state index is 0.775. The van der Waals surface area contributed by atoms with Gasteiger partial charge in [0.25, 0.3) is 0 Å². The summed E-state index contributed by atoms with van der Waals surface area (Å²) >= 11 is 0. The van der Waals surface area contributed by atoms with Gasteiger partial charge in [0.05, 0.1) is 0 Å². The average Bonchev–Trinajstić information content (AvgIpc) is 2.32. The van der Waals surface area contributed by atoms with E-state index in [0.29, 0.717) is 0 Å². The van der Waals surface area contributed by atoms with Crippen LogP contribution in [0.5, 0.6) is 0 Å². The summed E-state index contributed by atoms with van der Waals surface area (Å²) in [5, 5.41) is 0. The highest BCUT2D eigenvalue weighted by atomic mass is 14.2. The standard InChI is InChI=1S/2C7H14/c1-6-3-4-7(2)5-6;1-6(2)5-7(3)4/h6-7H,3-5H2,1-2H3;7H,1,5H2,2-4H3. The van der Waals surface area contributed by atoms with Crippen LogP contribution in [0.4, 0.5) is 0 Å². The highest BCUT2D eigenvalue weighted by Gasteiger charge is 2.15. The fourth-order valence-electron chi connectivity index (χ4n) is 2.19. The van der Waals surface area contributed by atoms with Gasteiger partial charge in [-0.15, -0.1) is 6.58 Å². The van der Waals surface area contributed by atoms with Gasteiger partial charge in [-0.3, -0.25) is 0 Å². The van der Waals surface area contributed by atoms with Crippen molar-refractivity contribution < 1.29 is 0 Å². The molecule has 1 aliphatic rings. The van der Waals surface area contributed by atoms with Gasteiger partial charge in [0, 0.05) is 0 Å². The van der Waals surface area contributed by atoms with Crippen molar-refractivity contribution in [1.82, 2.24) is 0 Å². The van der Waals surface area contributed by atoms with Crippen LogP contribution in [0.2, 0.25) is 0 Å². The van der Waals surface area contributed by atoms with E-state index in [9.17, 15) is 0 Å². The summed E-state index contributed by atoms with van der Waals surface area (Å²) in [5.74, 6) is 2.82. The summed E-state index contributed by atoms with van der Waals surface area (Å²) < 4.78 is 0. The molecule has 0 heteroatoms. The normalized spacial score (nSPS) is 25.9. The molecule has 1 aliphatic carbocycles. The molecule has 0 radical (unpaired) electrons. The van der Waals surface area contributed by atoms with E-state index in [1.165, 1.54) is 31.3 Å². The minimum Gasteiger partial charge on any atom is -0.100 e. The predicted octanol–water partition coefficient (Wildman–Crippen LogP) is 5.05. The summed E-state index contributed by atoms with van der Waals surface area (Å²) in [7, 11) is 0. The summed E-state index contributed by atoms with van der Waals surface area (Å²) in [6, 6.07) is 0. The number of hydrogen-bond donors (Lipinski definition) is 0. The Morgan fingerprint density at radius 1 is 1.21 bits per heavy atom. The maximum Gasteiger partial charge on any atom is -0.0303 e.